The number of aliphatic hydroxyl groups is 2. The van der Waals surface area contributed by atoms with E-state index in [0.717, 1.165) is 33.8 Å². The van der Waals surface area contributed by atoms with E-state index in [-0.39, 0.29) is 13.2 Å². The van der Waals surface area contributed by atoms with Gasteiger partial charge < -0.3 is 20.4 Å². The number of hydrogen-bond acceptors (Lipinski definition) is 7. The molecule has 0 radical (unpaired) electrons. The monoisotopic (exact) mass is 508 g/mol. The third-order valence-corrected chi connectivity index (χ3v) is 5.86. The Morgan fingerprint density at radius 3 is 2.58 bits per heavy atom. The van der Waals surface area contributed by atoms with Crippen LogP contribution in [-0.2, 0) is 6.54 Å². The quantitative estimate of drug-likeness (QED) is 0.341. The number of nitrogens with zero attached hydrogens (tertiary/aromatic N) is 5. The highest BCUT2D eigenvalue weighted by Gasteiger charge is 2.17. The van der Waals surface area contributed by atoms with Crippen LogP contribution < -0.4 is 10.2 Å². The number of hydrogen-bond donors (Lipinski definition) is 3. The first-order valence-electron chi connectivity index (χ1n) is 12.5. The first-order valence-corrected chi connectivity index (χ1v) is 12.5. The molecule has 0 saturated heterocycles. The zero-order chi connectivity index (χ0) is 26.6. The second-order valence-corrected chi connectivity index (χ2v) is 8.62. The number of allylic oxidation sites excluding steroid dienone is 4. The van der Waals surface area contributed by atoms with Gasteiger partial charge >= 0.3 is 0 Å². The summed E-state index contributed by atoms with van der Waals surface area (Å²) in [4.78, 5) is 20.1. The largest absolute Gasteiger partial charge is 0.395 e. The minimum atomic E-state index is -0.0265. The van der Waals surface area contributed by atoms with E-state index in [1.165, 1.54) is 0 Å². The first kappa shape index (κ1) is 26.7. The van der Waals surface area contributed by atoms with Crippen LogP contribution in [0.1, 0.15) is 23.2 Å². The maximum absolute atomic E-state index is 9.44. The molecule has 1 aromatic carbocycles. The van der Waals surface area contributed by atoms with E-state index in [2.05, 4.69) is 21.9 Å². The summed E-state index contributed by atoms with van der Waals surface area (Å²) in [6.07, 6.45) is 11.7. The molecule has 0 fully saturated rings. The first-order chi connectivity index (χ1) is 18.7. The Hall–Kier alpha value is -4.40. The van der Waals surface area contributed by atoms with Crippen molar-refractivity contribution in [2.24, 2.45) is 9.98 Å². The lowest BCUT2D eigenvalue weighted by Crippen LogP contribution is -2.32. The highest BCUT2D eigenvalue weighted by atomic mass is 16.3. The molecule has 1 aliphatic rings. The van der Waals surface area contributed by atoms with Crippen LogP contribution in [0.3, 0.4) is 0 Å². The Bertz CT molecular complexity index is 1330. The minimum Gasteiger partial charge on any atom is -0.395 e. The maximum Gasteiger partial charge on any atom is 0.141 e. The number of aliphatic imine (C=N–C) groups is 2. The van der Waals surface area contributed by atoms with Crippen LogP contribution >= 0.6 is 0 Å². The second kappa shape index (κ2) is 13.8. The summed E-state index contributed by atoms with van der Waals surface area (Å²) in [5.74, 6) is 1.30. The van der Waals surface area contributed by atoms with E-state index in [9.17, 15) is 10.2 Å². The molecule has 3 heterocycles. The van der Waals surface area contributed by atoms with Gasteiger partial charge in [-0.2, -0.15) is 0 Å². The lowest BCUT2D eigenvalue weighted by molar-refractivity contribution is 0.281. The fourth-order valence-electron chi connectivity index (χ4n) is 3.93. The molecule has 4 rings (SSSR count). The van der Waals surface area contributed by atoms with Crippen molar-refractivity contribution in [2.75, 3.05) is 31.2 Å². The molecule has 0 bridgehead atoms. The van der Waals surface area contributed by atoms with Crippen molar-refractivity contribution in [3.63, 3.8) is 0 Å². The van der Waals surface area contributed by atoms with E-state index in [1.807, 2.05) is 77.7 Å². The molecule has 38 heavy (non-hydrogen) atoms. The molecule has 3 N–H and O–H groups in total. The fourth-order valence-corrected chi connectivity index (χ4v) is 3.93. The van der Waals surface area contributed by atoms with Crippen LogP contribution in [0.15, 0.2) is 114 Å². The average molecular weight is 509 g/mol. The summed E-state index contributed by atoms with van der Waals surface area (Å²) < 4.78 is 0. The molecule has 0 spiro atoms. The third kappa shape index (κ3) is 7.55. The molecule has 1 aliphatic heterocycles. The molecule has 2 aromatic heterocycles. The normalized spacial score (nSPS) is 15.5. The van der Waals surface area contributed by atoms with Crippen LogP contribution in [0, 0.1) is 0 Å². The van der Waals surface area contributed by atoms with Gasteiger partial charge in [0.2, 0.25) is 0 Å². The van der Waals surface area contributed by atoms with Gasteiger partial charge in [-0.25, -0.2) is 4.99 Å². The standard InChI is InChI=1S/C30H32N6O2/c1-23(24-9-3-2-4-10-24)8-7-12-26-19-29(33-21-27-11-5-6-13-32-27)35-30(34-26)25-18-28(22-31-20-25)36(14-16-37)15-17-38/h2-13,18,20,22,37-38H,1,14-17,19,21H2,(H,33,34,35)/b8-7-,26-12+. The summed E-state index contributed by atoms with van der Waals surface area (Å²) in [7, 11) is 0. The Morgan fingerprint density at radius 1 is 1.05 bits per heavy atom. The van der Waals surface area contributed by atoms with Gasteiger partial charge in [-0.05, 0) is 35.4 Å². The highest BCUT2D eigenvalue weighted by Crippen LogP contribution is 2.19. The molecule has 0 amide bonds. The molecule has 0 atom stereocenters. The number of nitrogens with one attached hydrogen (secondary N) is 1. The summed E-state index contributed by atoms with van der Waals surface area (Å²) >= 11 is 0. The Kier molecular flexibility index (Phi) is 9.67. The van der Waals surface area contributed by atoms with Gasteiger partial charge in [0.05, 0.1) is 37.3 Å². The SMILES string of the molecule is C=C(/C=C\C=C1/CC(=NCc2ccccn2)N=C(c2cncc(N(CCO)CCO)c2)N1)c1ccccc1. The van der Waals surface area contributed by atoms with Crippen molar-refractivity contribution in [3.05, 3.63) is 121 Å². The van der Waals surface area contributed by atoms with Gasteiger partial charge in [0.1, 0.15) is 11.7 Å². The number of benzene rings is 1. The van der Waals surface area contributed by atoms with Crippen LogP contribution in [-0.4, -0.2) is 58.2 Å². The molecular formula is C30H32N6O2. The van der Waals surface area contributed by atoms with Crippen LogP contribution in [0.25, 0.3) is 5.57 Å². The van der Waals surface area contributed by atoms with Crippen molar-refractivity contribution in [3.8, 4) is 0 Å². The van der Waals surface area contributed by atoms with Crippen molar-refractivity contribution in [1.29, 1.82) is 0 Å². The van der Waals surface area contributed by atoms with E-state index in [1.54, 1.807) is 18.6 Å². The van der Waals surface area contributed by atoms with Gasteiger partial charge in [0.25, 0.3) is 0 Å². The van der Waals surface area contributed by atoms with Crippen LogP contribution in [0.5, 0.6) is 0 Å². The number of aliphatic hydroxyl groups excluding tert-OH is 2. The predicted octanol–water partition coefficient (Wildman–Crippen LogP) is 3.76. The summed E-state index contributed by atoms with van der Waals surface area (Å²) in [6.45, 7) is 5.33. The van der Waals surface area contributed by atoms with E-state index in [0.29, 0.717) is 37.7 Å². The molecule has 8 nitrogen and oxygen atoms in total. The third-order valence-electron chi connectivity index (χ3n) is 5.86. The van der Waals surface area contributed by atoms with Crippen molar-refractivity contribution < 1.29 is 10.2 Å². The topological polar surface area (TPSA) is 106 Å². The lowest BCUT2D eigenvalue weighted by Gasteiger charge is -2.24. The Morgan fingerprint density at radius 2 is 1.84 bits per heavy atom. The average Bonchev–Trinajstić information content (AvgIpc) is 2.97. The lowest BCUT2D eigenvalue weighted by atomic mass is 10.1. The molecule has 194 valence electrons. The van der Waals surface area contributed by atoms with Gasteiger partial charge in [0.15, 0.2) is 0 Å². The van der Waals surface area contributed by atoms with Crippen molar-refractivity contribution in [2.45, 2.75) is 13.0 Å². The summed E-state index contributed by atoms with van der Waals surface area (Å²) in [5, 5.41) is 22.3. The maximum atomic E-state index is 9.44. The number of rotatable bonds is 11. The number of anilines is 1. The van der Waals surface area contributed by atoms with Crippen molar-refractivity contribution in [1.82, 2.24) is 15.3 Å². The van der Waals surface area contributed by atoms with Crippen LogP contribution in [0.4, 0.5) is 5.69 Å². The molecule has 0 unspecified atom stereocenters. The number of pyridine rings is 2. The smallest absolute Gasteiger partial charge is 0.141 e. The predicted molar refractivity (Wildman–Crippen MR) is 153 cm³/mol. The van der Waals surface area contributed by atoms with Gasteiger partial charge in [-0.15, -0.1) is 0 Å². The molecular weight excluding hydrogens is 476 g/mol. The molecule has 0 aliphatic carbocycles. The van der Waals surface area contributed by atoms with Crippen LogP contribution in [0.2, 0.25) is 0 Å². The molecule has 0 saturated carbocycles. The van der Waals surface area contributed by atoms with Gasteiger partial charge in [-0.3, -0.25) is 15.0 Å². The Balaban J connectivity index is 1.61. The number of aromatic nitrogens is 2. The van der Waals surface area contributed by atoms with E-state index < -0.39 is 0 Å². The zero-order valence-corrected chi connectivity index (χ0v) is 21.2. The summed E-state index contributed by atoms with van der Waals surface area (Å²) in [5.41, 5.74) is 5.35. The van der Waals surface area contributed by atoms with E-state index >= 15 is 0 Å². The summed E-state index contributed by atoms with van der Waals surface area (Å²) in [6, 6.07) is 17.7. The second-order valence-electron chi connectivity index (χ2n) is 8.62. The van der Waals surface area contributed by atoms with Gasteiger partial charge in [0, 0.05) is 43.2 Å². The fraction of sp³-hybridized carbons (Fsp3) is 0.200. The zero-order valence-electron chi connectivity index (χ0n) is 21.2. The van der Waals surface area contributed by atoms with Crippen molar-refractivity contribution >= 4 is 22.9 Å². The van der Waals surface area contributed by atoms with Gasteiger partial charge in [-0.1, -0.05) is 55.1 Å². The highest BCUT2D eigenvalue weighted by molar-refractivity contribution is 6.10. The van der Waals surface area contributed by atoms with E-state index in [4.69, 9.17) is 9.98 Å². The molecule has 8 heteroatoms. The minimum absolute atomic E-state index is 0.0265. The molecule has 3 aromatic rings. The Labute approximate surface area is 223 Å². The number of amidine groups is 2.